The van der Waals surface area contributed by atoms with Crippen LogP contribution in [-0.2, 0) is 13.0 Å². The normalized spacial score (nSPS) is 15.4. The first-order chi connectivity index (χ1) is 13.1. The van der Waals surface area contributed by atoms with Crippen LogP contribution >= 0.6 is 11.3 Å². The van der Waals surface area contributed by atoms with Crippen molar-refractivity contribution in [1.29, 1.82) is 5.26 Å². The number of anilines is 1. The predicted molar refractivity (Wildman–Crippen MR) is 109 cm³/mol. The minimum absolute atomic E-state index is 0.0177. The van der Waals surface area contributed by atoms with Gasteiger partial charge in [-0.1, -0.05) is 6.92 Å². The van der Waals surface area contributed by atoms with Gasteiger partial charge in [0.25, 0.3) is 0 Å². The first-order valence-corrected chi connectivity index (χ1v) is 10.4. The van der Waals surface area contributed by atoms with E-state index in [1.165, 1.54) is 10.7 Å². The number of carbonyl (C=O) groups excluding carboxylic acids is 1. The van der Waals surface area contributed by atoms with Crippen molar-refractivity contribution >= 4 is 22.8 Å². The molecule has 3 rings (SSSR count). The van der Waals surface area contributed by atoms with E-state index in [9.17, 15) is 10.1 Å². The molecule has 0 amide bonds. The average molecular weight is 383 g/mol. The Hall–Kier alpha value is -2.23. The highest BCUT2D eigenvalue weighted by Gasteiger charge is 2.20. The molecule has 0 spiro atoms. The number of benzene rings is 1. The van der Waals surface area contributed by atoms with Crippen LogP contribution < -0.4 is 5.32 Å². The number of aryl methyl sites for hydroxylation is 1. The van der Waals surface area contributed by atoms with Crippen molar-refractivity contribution in [3.05, 3.63) is 45.4 Å². The number of rotatable bonds is 7. The van der Waals surface area contributed by atoms with Gasteiger partial charge in [0.05, 0.1) is 22.0 Å². The van der Waals surface area contributed by atoms with Gasteiger partial charge in [-0.2, -0.15) is 5.26 Å². The average Bonchev–Trinajstić information content (AvgIpc) is 3.14. The third kappa shape index (κ3) is 5.15. The molecule has 0 unspecified atom stereocenters. The van der Waals surface area contributed by atoms with Crippen LogP contribution in [0.4, 0.5) is 5.69 Å². The predicted octanol–water partition coefficient (Wildman–Crippen LogP) is 4.10. The lowest BCUT2D eigenvalue weighted by Crippen LogP contribution is -2.35. The fourth-order valence-corrected chi connectivity index (χ4v) is 4.16. The molecule has 0 bridgehead atoms. The van der Waals surface area contributed by atoms with Crippen molar-refractivity contribution in [2.45, 2.75) is 39.7 Å². The summed E-state index contributed by atoms with van der Waals surface area (Å²) in [5, 5.41) is 16.1. The van der Waals surface area contributed by atoms with Crippen LogP contribution in [0.2, 0.25) is 0 Å². The number of nitrogens with zero attached hydrogens (tertiary/aromatic N) is 3. The third-order valence-electron chi connectivity index (χ3n) is 5.12. The molecule has 5 nitrogen and oxygen atoms in total. The van der Waals surface area contributed by atoms with Gasteiger partial charge in [0, 0.05) is 24.0 Å². The summed E-state index contributed by atoms with van der Waals surface area (Å²) in [6.45, 7) is 7.61. The van der Waals surface area contributed by atoms with Crippen LogP contribution in [0.15, 0.2) is 23.6 Å². The lowest BCUT2D eigenvalue weighted by molar-refractivity contribution is 0.101. The van der Waals surface area contributed by atoms with Crippen molar-refractivity contribution in [2.24, 2.45) is 5.92 Å². The van der Waals surface area contributed by atoms with E-state index in [2.05, 4.69) is 33.6 Å². The van der Waals surface area contributed by atoms with E-state index in [-0.39, 0.29) is 5.78 Å². The second-order valence-corrected chi connectivity index (χ2v) is 8.06. The van der Waals surface area contributed by atoms with Gasteiger partial charge in [-0.05, 0) is 63.4 Å². The highest BCUT2D eigenvalue weighted by atomic mass is 32.1. The molecule has 2 heterocycles. The number of aromatic nitrogens is 1. The van der Waals surface area contributed by atoms with Crippen molar-refractivity contribution in [2.75, 3.05) is 25.0 Å². The van der Waals surface area contributed by atoms with Crippen LogP contribution in [-0.4, -0.2) is 35.3 Å². The SMILES string of the molecule is CCc1nc(CN2CCC(CNc3cc(C(C)=O)ccc3C#N)CC2)cs1. The second kappa shape index (κ2) is 9.12. The van der Waals surface area contributed by atoms with Gasteiger partial charge in [0.1, 0.15) is 6.07 Å². The molecule has 27 heavy (non-hydrogen) atoms. The van der Waals surface area contributed by atoms with Crippen LogP contribution in [0.3, 0.4) is 0 Å². The Bertz CT molecular complexity index is 831. The maximum absolute atomic E-state index is 11.6. The number of carbonyl (C=O) groups is 1. The topological polar surface area (TPSA) is 69.0 Å². The molecule has 0 saturated carbocycles. The van der Waals surface area contributed by atoms with Crippen molar-refractivity contribution in [3.63, 3.8) is 0 Å². The summed E-state index contributed by atoms with van der Waals surface area (Å²) < 4.78 is 0. The first kappa shape index (κ1) is 19.5. The number of nitrogens with one attached hydrogen (secondary N) is 1. The third-order valence-corrected chi connectivity index (χ3v) is 6.16. The second-order valence-electron chi connectivity index (χ2n) is 7.11. The molecule has 1 aliphatic rings. The molecule has 1 aromatic heterocycles. The number of ketones is 1. The fraction of sp³-hybridized carbons (Fsp3) is 0.476. The highest BCUT2D eigenvalue weighted by molar-refractivity contribution is 7.09. The van der Waals surface area contributed by atoms with Gasteiger partial charge in [0.2, 0.25) is 0 Å². The molecule has 0 atom stereocenters. The molecule has 1 aromatic carbocycles. The summed E-state index contributed by atoms with van der Waals surface area (Å²) in [6.07, 6.45) is 3.27. The Morgan fingerprint density at radius 3 is 2.81 bits per heavy atom. The molecule has 1 saturated heterocycles. The maximum Gasteiger partial charge on any atom is 0.159 e. The molecule has 0 radical (unpaired) electrons. The monoisotopic (exact) mass is 382 g/mol. The number of piperidine rings is 1. The zero-order chi connectivity index (χ0) is 19.2. The largest absolute Gasteiger partial charge is 0.384 e. The molecule has 2 aromatic rings. The van der Waals surface area contributed by atoms with Crippen molar-refractivity contribution in [1.82, 2.24) is 9.88 Å². The first-order valence-electron chi connectivity index (χ1n) is 9.53. The van der Waals surface area contributed by atoms with Gasteiger partial charge < -0.3 is 5.32 Å². The molecule has 1 fully saturated rings. The van der Waals surface area contributed by atoms with E-state index in [0.29, 0.717) is 17.0 Å². The van der Waals surface area contributed by atoms with E-state index in [4.69, 9.17) is 0 Å². The quantitative estimate of drug-likeness (QED) is 0.730. The summed E-state index contributed by atoms with van der Waals surface area (Å²) in [4.78, 5) is 18.7. The molecule has 0 aliphatic carbocycles. The van der Waals surface area contributed by atoms with Gasteiger partial charge in [-0.15, -0.1) is 11.3 Å². The van der Waals surface area contributed by atoms with Crippen molar-refractivity contribution < 1.29 is 4.79 Å². The summed E-state index contributed by atoms with van der Waals surface area (Å²) in [5.41, 5.74) is 3.18. The zero-order valence-electron chi connectivity index (χ0n) is 16.0. The molecular weight excluding hydrogens is 356 g/mol. The van der Waals surface area contributed by atoms with Gasteiger partial charge in [-0.3, -0.25) is 9.69 Å². The summed E-state index contributed by atoms with van der Waals surface area (Å²) in [7, 11) is 0. The lowest BCUT2D eigenvalue weighted by atomic mass is 9.96. The Balaban J connectivity index is 1.50. The van der Waals surface area contributed by atoms with Crippen LogP contribution in [0, 0.1) is 17.2 Å². The minimum Gasteiger partial charge on any atom is -0.384 e. The smallest absolute Gasteiger partial charge is 0.159 e. The van der Waals surface area contributed by atoms with E-state index >= 15 is 0 Å². The lowest BCUT2D eigenvalue weighted by Gasteiger charge is -2.31. The van der Waals surface area contributed by atoms with Gasteiger partial charge in [-0.25, -0.2) is 4.98 Å². The Morgan fingerprint density at radius 2 is 2.19 bits per heavy atom. The summed E-state index contributed by atoms with van der Waals surface area (Å²) in [6, 6.07) is 7.44. The van der Waals surface area contributed by atoms with Crippen LogP contribution in [0.5, 0.6) is 0 Å². The number of hydrogen-bond acceptors (Lipinski definition) is 6. The van der Waals surface area contributed by atoms with Crippen molar-refractivity contribution in [3.8, 4) is 6.07 Å². The highest BCUT2D eigenvalue weighted by Crippen LogP contribution is 2.23. The number of Topliss-reactive ketones (excluding diaryl/α,β-unsaturated/α-hetero) is 1. The Morgan fingerprint density at radius 1 is 1.41 bits per heavy atom. The minimum atomic E-state index is 0.0177. The van der Waals surface area contributed by atoms with E-state index in [0.717, 1.165) is 51.1 Å². The summed E-state index contributed by atoms with van der Waals surface area (Å²) in [5.74, 6) is 0.597. The fourth-order valence-electron chi connectivity index (χ4n) is 3.42. The Kier molecular flexibility index (Phi) is 6.59. The van der Waals surface area contributed by atoms with E-state index < -0.39 is 0 Å². The van der Waals surface area contributed by atoms with E-state index in [1.54, 1.807) is 36.5 Å². The standard InChI is InChI=1S/C21H26N4OS/c1-3-21-24-19(14-27-21)13-25-8-6-16(7-9-25)12-23-20-10-17(15(2)26)4-5-18(20)11-22/h4-5,10,14,16,23H,3,6-9,12-13H2,1-2H3. The number of hydrogen-bond donors (Lipinski definition) is 1. The van der Waals surface area contributed by atoms with E-state index in [1.807, 2.05) is 0 Å². The number of nitriles is 1. The molecule has 1 N–H and O–H groups in total. The molecule has 6 heteroatoms. The molecule has 142 valence electrons. The molecule has 1 aliphatic heterocycles. The summed E-state index contributed by atoms with van der Waals surface area (Å²) >= 11 is 1.75. The van der Waals surface area contributed by atoms with Gasteiger partial charge in [0.15, 0.2) is 5.78 Å². The van der Waals surface area contributed by atoms with Gasteiger partial charge >= 0.3 is 0 Å². The zero-order valence-corrected chi connectivity index (χ0v) is 16.8. The van der Waals surface area contributed by atoms with Crippen LogP contribution in [0.25, 0.3) is 0 Å². The van der Waals surface area contributed by atoms with Crippen LogP contribution in [0.1, 0.15) is 53.3 Å². The number of likely N-dealkylation sites (tertiary alicyclic amines) is 1. The Labute approximate surface area is 165 Å². The number of thiazole rings is 1. The maximum atomic E-state index is 11.6. The molecular formula is C21H26N4OS.